The predicted octanol–water partition coefficient (Wildman–Crippen LogP) is 2.13. The Morgan fingerprint density at radius 3 is 2.45 bits per heavy atom. The fourth-order valence-corrected chi connectivity index (χ4v) is 0.929. The van der Waals surface area contributed by atoms with Gasteiger partial charge < -0.3 is 0 Å². The van der Waals surface area contributed by atoms with Gasteiger partial charge in [0.1, 0.15) is 5.82 Å². The van der Waals surface area contributed by atoms with Crippen molar-refractivity contribution < 1.29 is 0 Å². The SMILES string of the molecule is CCCCc1cnc(C)nc1. The average molecular weight is 150 g/mol. The summed E-state index contributed by atoms with van der Waals surface area (Å²) in [7, 11) is 0. The predicted molar refractivity (Wildman–Crippen MR) is 45.4 cm³/mol. The maximum Gasteiger partial charge on any atom is 0.125 e. The maximum atomic E-state index is 4.12. The Bertz CT molecular complexity index is 203. The van der Waals surface area contributed by atoms with E-state index in [2.05, 4.69) is 16.9 Å². The fourth-order valence-electron chi connectivity index (χ4n) is 0.929. The summed E-state index contributed by atoms with van der Waals surface area (Å²) in [6.07, 6.45) is 7.40. The zero-order valence-corrected chi connectivity index (χ0v) is 7.17. The minimum Gasteiger partial charge on any atom is -0.241 e. The summed E-state index contributed by atoms with van der Waals surface area (Å²) in [6, 6.07) is 0. The molecule has 0 atom stereocenters. The number of aromatic nitrogens is 2. The molecule has 0 unspecified atom stereocenters. The van der Waals surface area contributed by atoms with Gasteiger partial charge in [-0.2, -0.15) is 0 Å². The first-order valence-electron chi connectivity index (χ1n) is 4.10. The number of unbranched alkanes of at least 4 members (excludes halogenated alkanes) is 1. The Balaban J connectivity index is 2.52. The molecule has 2 nitrogen and oxygen atoms in total. The summed E-state index contributed by atoms with van der Waals surface area (Å²) in [5.41, 5.74) is 1.25. The summed E-state index contributed by atoms with van der Waals surface area (Å²) in [5, 5.41) is 0. The Kier molecular flexibility index (Phi) is 3.02. The second-order valence-corrected chi connectivity index (χ2v) is 2.74. The molecule has 0 spiro atoms. The first kappa shape index (κ1) is 8.18. The second kappa shape index (κ2) is 4.06. The van der Waals surface area contributed by atoms with Gasteiger partial charge in [0.2, 0.25) is 0 Å². The zero-order chi connectivity index (χ0) is 8.10. The van der Waals surface area contributed by atoms with E-state index in [1.54, 1.807) is 0 Å². The van der Waals surface area contributed by atoms with E-state index in [1.165, 1.54) is 18.4 Å². The molecule has 60 valence electrons. The molecular weight excluding hydrogens is 136 g/mol. The van der Waals surface area contributed by atoms with Gasteiger partial charge in [-0.3, -0.25) is 0 Å². The lowest BCUT2D eigenvalue weighted by molar-refractivity contribution is 0.785. The Morgan fingerprint density at radius 2 is 1.91 bits per heavy atom. The van der Waals surface area contributed by atoms with Crippen molar-refractivity contribution >= 4 is 0 Å². The van der Waals surface area contributed by atoms with Crippen LogP contribution in [0.15, 0.2) is 12.4 Å². The zero-order valence-electron chi connectivity index (χ0n) is 7.17. The number of rotatable bonds is 3. The van der Waals surface area contributed by atoms with Crippen molar-refractivity contribution in [2.45, 2.75) is 33.1 Å². The lowest BCUT2D eigenvalue weighted by Gasteiger charge is -1.97. The van der Waals surface area contributed by atoms with Crippen LogP contribution in [0.25, 0.3) is 0 Å². The second-order valence-electron chi connectivity index (χ2n) is 2.74. The van der Waals surface area contributed by atoms with E-state index in [1.807, 2.05) is 19.3 Å². The molecule has 1 aromatic heterocycles. The number of aryl methyl sites for hydroxylation is 2. The summed E-state index contributed by atoms with van der Waals surface area (Å²) in [4.78, 5) is 8.24. The lowest BCUT2D eigenvalue weighted by Crippen LogP contribution is -1.91. The largest absolute Gasteiger partial charge is 0.241 e. The van der Waals surface area contributed by atoms with Crippen LogP contribution >= 0.6 is 0 Å². The van der Waals surface area contributed by atoms with Gasteiger partial charge in [-0.15, -0.1) is 0 Å². The third kappa shape index (κ3) is 2.66. The summed E-state index contributed by atoms with van der Waals surface area (Å²) in [6.45, 7) is 4.10. The molecule has 2 heteroatoms. The molecule has 0 aliphatic rings. The van der Waals surface area contributed by atoms with Gasteiger partial charge in [-0.05, 0) is 25.3 Å². The van der Waals surface area contributed by atoms with Gasteiger partial charge in [0, 0.05) is 12.4 Å². The summed E-state index contributed by atoms with van der Waals surface area (Å²) >= 11 is 0. The maximum absolute atomic E-state index is 4.12. The van der Waals surface area contributed by atoms with E-state index in [0.717, 1.165) is 12.2 Å². The normalized spacial score (nSPS) is 10.0. The smallest absolute Gasteiger partial charge is 0.125 e. The van der Waals surface area contributed by atoms with Crippen molar-refractivity contribution in [3.05, 3.63) is 23.8 Å². The van der Waals surface area contributed by atoms with Crippen molar-refractivity contribution in [3.63, 3.8) is 0 Å². The third-order valence-electron chi connectivity index (χ3n) is 1.65. The van der Waals surface area contributed by atoms with E-state index >= 15 is 0 Å². The molecule has 0 amide bonds. The van der Waals surface area contributed by atoms with Crippen LogP contribution in [-0.4, -0.2) is 9.97 Å². The molecule has 0 N–H and O–H groups in total. The summed E-state index contributed by atoms with van der Waals surface area (Å²) < 4.78 is 0. The monoisotopic (exact) mass is 150 g/mol. The average Bonchev–Trinajstić information content (AvgIpc) is 2.04. The van der Waals surface area contributed by atoms with Gasteiger partial charge in [0.05, 0.1) is 0 Å². The highest BCUT2D eigenvalue weighted by Crippen LogP contribution is 2.01. The molecule has 1 aromatic rings. The van der Waals surface area contributed by atoms with Gasteiger partial charge in [-0.1, -0.05) is 13.3 Å². The van der Waals surface area contributed by atoms with Crippen LogP contribution in [-0.2, 0) is 6.42 Å². The quantitative estimate of drug-likeness (QED) is 0.659. The van der Waals surface area contributed by atoms with Crippen LogP contribution in [0.5, 0.6) is 0 Å². The van der Waals surface area contributed by atoms with E-state index in [0.29, 0.717) is 0 Å². The standard InChI is InChI=1S/C9H14N2/c1-3-4-5-9-6-10-8(2)11-7-9/h6-7H,3-5H2,1-2H3. The highest BCUT2D eigenvalue weighted by atomic mass is 14.8. The molecule has 0 aliphatic heterocycles. The van der Waals surface area contributed by atoms with Crippen LogP contribution in [0.2, 0.25) is 0 Å². The molecule has 0 aromatic carbocycles. The molecule has 0 radical (unpaired) electrons. The van der Waals surface area contributed by atoms with Crippen LogP contribution in [0.4, 0.5) is 0 Å². The van der Waals surface area contributed by atoms with Crippen LogP contribution in [0, 0.1) is 6.92 Å². The Morgan fingerprint density at radius 1 is 1.27 bits per heavy atom. The van der Waals surface area contributed by atoms with Gasteiger partial charge in [-0.25, -0.2) is 9.97 Å². The van der Waals surface area contributed by atoms with Crippen LogP contribution < -0.4 is 0 Å². The van der Waals surface area contributed by atoms with E-state index in [9.17, 15) is 0 Å². The van der Waals surface area contributed by atoms with Crippen molar-refractivity contribution in [1.82, 2.24) is 9.97 Å². The number of hydrogen-bond acceptors (Lipinski definition) is 2. The Labute approximate surface area is 67.7 Å². The van der Waals surface area contributed by atoms with Gasteiger partial charge in [0.25, 0.3) is 0 Å². The molecule has 1 rings (SSSR count). The highest BCUT2D eigenvalue weighted by molar-refractivity contribution is 5.04. The Hall–Kier alpha value is -0.920. The molecule has 1 heterocycles. The van der Waals surface area contributed by atoms with Crippen LogP contribution in [0.3, 0.4) is 0 Å². The summed E-state index contributed by atoms with van der Waals surface area (Å²) in [5.74, 6) is 0.852. The highest BCUT2D eigenvalue weighted by Gasteiger charge is 1.92. The van der Waals surface area contributed by atoms with Crippen molar-refractivity contribution in [2.24, 2.45) is 0 Å². The van der Waals surface area contributed by atoms with Gasteiger partial charge in [0.15, 0.2) is 0 Å². The van der Waals surface area contributed by atoms with Crippen molar-refractivity contribution in [1.29, 1.82) is 0 Å². The number of nitrogens with zero attached hydrogens (tertiary/aromatic N) is 2. The van der Waals surface area contributed by atoms with Crippen LogP contribution in [0.1, 0.15) is 31.2 Å². The first-order valence-corrected chi connectivity index (χ1v) is 4.10. The minimum atomic E-state index is 0.852. The molecule has 0 fully saturated rings. The van der Waals surface area contributed by atoms with E-state index in [4.69, 9.17) is 0 Å². The van der Waals surface area contributed by atoms with E-state index in [-0.39, 0.29) is 0 Å². The number of hydrogen-bond donors (Lipinski definition) is 0. The minimum absolute atomic E-state index is 0.852. The first-order chi connectivity index (χ1) is 5.33. The molecule has 11 heavy (non-hydrogen) atoms. The van der Waals surface area contributed by atoms with E-state index < -0.39 is 0 Å². The molecule has 0 aliphatic carbocycles. The fraction of sp³-hybridized carbons (Fsp3) is 0.556. The lowest BCUT2D eigenvalue weighted by atomic mass is 10.2. The van der Waals surface area contributed by atoms with Crippen molar-refractivity contribution in [2.75, 3.05) is 0 Å². The molecule has 0 bridgehead atoms. The molecule has 0 saturated carbocycles. The molecular formula is C9H14N2. The van der Waals surface area contributed by atoms with Gasteiger partial charge >= 0.3 is 0 Å². The third-order valence-corrected chi connectivity index (χ3v) is 1.65. The topological polar surface area (TPSA) is 25.8 Å². The molecule has 0 saturated heterocycles. The van der Waals surface area contributed by atoms with Crippen molar-refractivity contribution in [3.8, 4) is 0 Å².